The minimum atomic E-state index is -0.696. The summed E-state index contributed by atoms with van der Waals surface area (Å²) in [4.78, 5) is 14.4. The van der Waals surface area contributed by atoms with Crippen molar-refractivity contribution in [3.8, 4) is 22.8 Å². The Morgan fingerprint density at radius 2 is 1.11 bits per heavy atom. The van der Waals surface area contributed by atoms with E-state index in [4.69, 9.17) is 14.7 Å². The van der Waals surface area contributed by atoms with Crippen LogP contribution in [0.5, 0.6) is 11.5 Å². The largest absolute Gasteiger partial charge is 2.00 e. The minimum absolute atomic E-state index is 0. The summed E-state index contributed by atoms with van der Waals surface area (Å²) in [6.45, 7) is 0. The average molecular weight is 881 g/mol. The van der Waals surface area contributed by atoms with Gasteiger partial charge in [0.05, 0.1) is 11.1 Å². The van der Waals surface area contributed by atoms with E-state index < -0.39 is 5.41 Å². The maximum Gasteiger partial charge on any atom is 2.00 e. The van der Waals surface area contributed by atoms with Gasteiger partial charge in [0.2, 0.25) is 0 Å². The number of hydrogen-bond donors (Lipinski definition) is 0. The summed E-state index contributed by atoms with van der Waals surface area (Å²) in [5.74, 6) is 1.17. The van der Waals surface area contributed by atoms with E-state index in [2.05, 4.69) is 138 Å². The van der Waals surface area contributed by atoms with Gasteiger partial charge >= 0.3 is 21.1 Å². The van der Waals surface area contributed by atoms with Gasteiger partial charge in [0.15, 0.2) is 0 Å². The van der Waals surface area contributed by atoms with Crippen LogP contribution in [0, 0.1) is 12.1 Å². The van der Waals surface area contributed by atoms with E-state index in [1.54, 1.807) is 11.8 Å². The number of nitrogens with zero attached hydrogens (tertiary/aromatic N) is 3. The van der Waals surface area contributed by atoms with Gasteiger partial charge in [-0.2, -0.15) is 12.1 Å². The van der Waals surface area contributed by atoms with Crippen LogP contribution in [0.15, 0.2) is 198 Å². The van der Waals surface area contributed by atoms with Gasteiger partial charge in [-0.3, -0.25) is 4.98 Å². The van der Waals surface area contributed by atoms with E-state index in [1.807, 2.05) is 67.0 Å². The Morgan fingerprint density at radius 3 is 1.77 bits per heavy atom. The van der Waals surface area contributed by atoms with Crippen molar-refractivity contribution in [1.82, 2.24) is 9.97 Å². The van der Waals surface area contributed by atoms with Crippen molar-refractivity contribution < 1.29 is 25.8 Å². The van der Waals surface area contributed by atoms with Gasteiger partial charge in [0, 0.05) is 50.7 Å². The Hall–Kier alpha value is -5.74. The molecule has 8 aromatic rings. The van der Waals surface area contributed by atoms with Crippen molar-refractivity contribution in [1.29, 1.82) is 0 Å². The van der Waals surface area contributed by atoms with Crippen molar-refractivity contribution >= 4 is 28.8 Å². The third-order valence-electron chi connectivity index (χ3n) is 9.32. The molecule has 1 aliphatic rings. The molecule has 0 atom stereocenters. The molecule has 0 N–H and O–H groups in total. The number of anilines is 3. The first kappa shape index (κ1) is 34.3. The van der Waals surface area contributed by atoms with Crippen LogP contribution in [0.2, 0.25) is 0 Å². The molecule has 256 valence electrons. The van der Waals surface area contributed by atoms with Gasteiger partial charge in [-0.25, -0.2) is 0 Å². The maximum absolute atomic E-state index is 6.57. The Kier molecular flexibility index (Phi) is 9.78. The van der Waals surface area contributed by atoms with Crippen LogP contribution in [0.1, 0.15) is 22.4 Å². The third-order valence-corrected chi connectivity index (χ3v) is 10.5. The molecule has 0 unspecified atom stereocenters. The fraction of sp³-hybridized carbons (Fsp3) is 0.0213. The zero-order valence-corrected chi connectivity index (χ0v) is 31.5. The molecule has 2 aromatic heterocycles. The minimum Gasteiger partial charge on any atom is -0.503 e. The molecule has 0 saturated carbocycles. The van der Waals surface area contributed by atoms with Crippen molar-refractivity contribution in [2.24, 2.45) is 0 Å². The van der Waals surface area contributed by atoms with Crippen LogP contribution >= 0.6 is 11.8 Å². The third kappa shape index (κ3) is 6.48. The monoisotopic (exact) mass is 880 g/mol. The number of fused-ring (bicyclic) bond motifs is 2. The molecule has 1 aliphatic heterocycles. The summed E-state index contributed by atoms with van der Waals surface area (Å²) in [6.07, 6.45) is 3.71. The predicted octanol–water partition coefficient (Wildman–Crippen LogP) is 11.9. The summed E-state index contributed by atoms with van der Waals surface area (Å²) < 4.78 is 6.57. The second-order valence-corrected chi connectivity index (χ2v) is 13.5. The number of benzene rings is 6. The molecule has 6 heteroatoms. The Bertz CT molecular complexity index is 2410. The quantitative estimate of drug-likeness (QED) is 0.142. The molecule has 0 amide bonds. The number of pyridine rings is 2. The van der Waals surface area contributed by atoms with Gasteiger partial charge < -0.3 is 14.6 Å². The van der Waals surface area contributed by atoms with Gasteiger partial charge in [-0.15, -0.1) is 41.5 Å². The first-order chi connectivity index (χ1) is 25.8. The SMILES string of the molecule is [Pt+2].[c-]1c(Oc2[c-]c(C3(c4ccccn4)c4ccccc4Sc4ccccc43)ccc2)cccc1-c1cc(N(c2ccccc2)c2ccccc2)ccn1. The summed E-state index contributed by atoms with van der Waals surface area (Å²) >= 11 is 1.79. The van der Waals surface area contributed by atoms with E-state index >= 15 is 0 Å². The normalized spacial score (nSPS) is 12.5. The first-order valence-corrected chi connectivity index (χ1v) is 18.0. The average Bonchev–Trinajstić information content (AvgIpc) is 3.21. The van der Waals surface area contributed by atoms with Crippen molar-refractivity contribution in [2.45, 2.75) is 15.2 Å². The molecule has 0 radical (unpaired) electrons. The summed E-state index contributed by atoms with van der Waals surface area (Å²) in [6, 6.07) is 67.4. The Morgan fingerprint density at radius 1 is 0.509 bits per heavy atom. The van der Waals surface area contributed by atoms with Gasteiger partial charge in [0.25, 0.3) is 0 Å². The van der Waals surface area contributed by atoms with Crippen LogP contribution in [-0.2, 0) is 26.5 Å². The summed E-state index contributed by atoms with van der Waals surface area (Å²) in [7, 11) is 0. The van der Waals surface area contributed by atoms with E-state index in [-0.39, 0.29) is 21.1 Å². The van der Waals surface area contributed by atoms with E-state index in [1.165, 1.54) is 20.9 Å². The Balaban J connectivity index is 0.00000400. The molecule has 0 bridgehead atoms. The smallest absolute Gasteiger partial charge is 0.503 e. The summed E-state index contributed by atoms with van der Waals surface area (Å²) in [5.41, 5.74) is 8.27. The van der Waals surface area contributed by atoms with Crippen molar-refractivity contribution in [3.05, 3.63) is 223 Å². The number of aromatic nitrogens is 2. The molecule has 0 fully saturated rings. The second kappa shape index (κ2) is 15.1. The van der Waals surface area contributed by atoms with Gasteiger partial charge in [-0.1, -0.05) is 103 Å². The number of ether oxygens (including phenoxy) is 1. The fourth-order valence-electron chi connectivity index (χ4n) is 7.09. The zero-order valence-electron chi connectivity index (χ0n) is 28.4. The molecule has 0 saturated heterocycles. The van der Waals surface area contributed by atoms with Gasteiger partial charge in [0.1, 0.15) is 0 Å². The zero-order chi connectivity index (χ0) is 34.7. The molecule has 0 spiro atoms. The number of rotatable bonds is 8. The standard InChI is InChI=1S/C47H31N3OS.Pt/c1-3-17-36(18-4-1)50(37-19-5-2-6-20-37)38-28-30-48-43(33-38)34-15-13-21-39(31-34)51-40-22-14-16-35(32-40)47(46-27-11-12-29-49-46)41-23-7-9-25-44(41)52-45-26-10-8-24-42(45)47;/h1-30,33H;/q-2;+2. The molecule has 6 aromatic carbocycles. The van der Waals surface area contributed by atoms with E-state index in [9.17, 15) is 0 Å². The number of hydrogen-bond acceptors (Lipinski definition) is 5. The first-order valence-electron chi connectivity index (χ1n) is 17.2. The molecular formula is C47H31N3OPtS. The fourth-order valence-corrected chi connectivity index (χ4v) is 8.28. The van der Waals surface area contributed by atoms with Crippen molar-refractivity contribution in [3.63, 3.8) is 0 Å². The molecule has 3 heterocycles. The molecule has 0 aliphatic carbocycles. The van der Waals surface area contributed by atoms with Crippen LogP contribution in [0.4, 0.5) is 17.1 Å². The van der Waals surface area contributed by atoms with Crippen LogP contribution < -0.4 is 9.64 Å². The van der Waals surface area contributed by atoms with Crippen LogP contribution in [0.3, 0.4) is 0 Å². The van der Waals surface area contributed by atoms with E-state index in [0.29, 0.717) is 11.5 Å². The second-order valence-electron chi connectivity index (χ2n) is 12.4. The van der Waals surface area contributed by atoms with E-state index in [0.717, 1.165) is 39.6 Å². The maximum atomic E-state index is 6.57. The topological polar surface area (TPSA) is 38.2 Å². The Labute approximate surface area is 328 Å². The molecule has 9 rings (SSSR count). The summed E-state index contributed by atoms with van der Waals surface area (Å²) in [5, 5.41) is 0. The molecule has 53 heavy (non-hydrogen) atoms. The number of para-hydroxylation sites is 2. The van der Waals surface area contributed by atoms with Crippen molar-refractivity contribution in [2.75, 3.05) is 4.90 Å². The van der Waals surface area contributed by atoms with Crippen LogP contribution in [0.25, 0.3) is 11.3 Å². The predicted molar refractivity (Wildman–Crippen MR) is 209 cm³/mol. The molecular weight excluding hydrogens is 850 g/mol. The van der Waals surface area contributed by atoms with Gasteiger partial charge in [-0.05, 0) is 71.4 Å². The molecule has 4 nitrogen and oxygen atoms in total. The van der Waals surface area contributed by atoms with Crippen LogP contribution in [-0.4, -0.2) is 9.97 Å².